The molecule has 0 spiro atoms. The van der Waals surface area contributed by atoms with Crippen LogP contribution in [0, 0.1) is 0 Å². The molecule has 1 N–H and O–H groups in total. The Morgan fingerprint density at radius 3 is 2.71 bits per heavy atom. The minimum absolute atomic E-state index is 0.267. The van der Waals surface area contributed by atoms with Crippen LogP contribution in [0.2, 0.25) is 0 Å². The van der Waals surface area contributed by atoms with Gasteiger partial charge in [-0.2, -0.15) is 0 Å². The van der Waals surface area contributed by atoms with Gasteiger partial charge in [0.2, 0.25) is 10.0 Å². The van der Waals surface area contributed by atoms with E-state index in [0.29, 0.717) is 4.21 Å². The molecule has 0 bridgehead atoms. The fraction of sp³-hybridized carbons (Fsp3) is 0.500. The molecule has 0 aliphatic rings. The second-order valence-corrected chi connectivity index (χ2v) is 6.20. The molecule has 6 heteroatoms. The van der Waals surface area contributed by atoms with Gasteiger partial charge in [0.1, 0.15) is 4.21 Å². The van der Waals surface area contributed by atoms with E-state index in [1.165, 1.54) is 11.3 Å². The molecule has 0 unspecified atom stereocenters. The van der Waals surface area contributed by atoms with Crippen LogP contribution in [-0.2, 0) is 16.4 Å². The Morgan fingerprint density at radius 2 is 2.21 bits per heavy atom. The summed E-state index contributed by atoms with van der Waals surface area (Å²) in [6, 6.07) is 3.46. The number of nitrogens with one attached hydrogen (secondary N) is 1. The first-order valence-corrected chi connectivity index (χ1v) is 7.08. The number of hydrogen-bond donors (Lipinski definition) is 1. The maximum atomic E-state index is 11.6. The first-order chi connectivity index (χ1) is 6.60. The molecule has 1 heterocycles. The van der Waals surface area contributed by atoms with E-state index in [1.807, 2.05) is 13.0 Å². The number of aryl methyl sites for hydroxylation is 1. The summed E-state index contributed by atoms with van der Waals surface area (Å²) in [5.74, 6) is 0.283. The Kier molecular flexibility index (Phi) is 4.37. The molecule has 0 aromatic carbocycles. The average Bonchev–Trinajstić information content (AvgIpc) is 2.63. The monoisotopic (exact) mass is 253 g/mol. The summed E-state index contributed by atoms with van der Waals surface area (Å²) >= 11 is 6.70. The highest BCUT2D eigenvalue weighted by Crippen LogP contribution is 2.21. The van der Waals surface area contributed by atoms with Gasteiger partial charge in [0.15, 0.2) is 0 Å². The van der Waals surface area contributed by atoms with Crippen molar-refractivity contribution < 1.29 is 8.42 Å². The highest BCUT2D eigenvalue weighted by Gasteiger charge is 2.15. The zero-order valence-electron chi connectivity index (χ0n) is 7.79. The Labute approximate surface area is 93.1 Å². The summed E-state index contributed by atoms with van der Waals surface area (Å²) in [4.78, 5) is 1.07. The fourth-order valence-corrected chi connectivity index (χ4v) is 3.52. The zero-order chi connectivity index (χ0) is 10.6. The van der Waals surface area contributed by atoms with E-state index in [-0.39, 0.29) is 12.4 Å². The summed E-state index contributed by atoms with van der Waals surface area (Å²) in [7, 11) is -3.33. The lowest BCUT2D eigenvalue weighted by Gasteiger charge is -2.00. The first-order valence-electron chi connectivity index (χ1n) is 4.24. The summed E-state index contributed by atoms with van der Waals surface area (Å²) in [6.07, 6.45) is 0.857. The van der Waals surface area contributed by atoms with Gasteiger partial charge in [-0.25, -0.2) is 13.1 Å². The normalized spacial score (nSPS) is 11.9. The fourth-order valence-electron chi connectivity index (χ4n) is 0.937. The maximum Gasteiger partial charge on any atom is 0.250 e. The van der Waals surface area contributed by atoms with E-state index in [1.54, 1.807) is 6.07 Å². The molecule has 0 fully saturated rings. The van der Waals surface area contributed by atoms with Crippen molar-refractivity contribution in [3.8, 4) is 0 Å². The van der Waals surface area contributed by atoms with Gasteiger partial charge in [-0.3, -0.25) is 0 Å². The third kappa shape index (κ3) is 2.95. The predicted octanol–water partition coefficient (Wildman–Crippen LogP) is 1.83. The maximum absolute atomic E-state index is 11.6. The molecule has 0 amide bonds. The Morgan fingerprint density at radius 1 is 1.50 bits per heavy atom. The highest BCUT2D eigenvalue weighted by atomic mass is 35.5. The molecule has 0 radical (unpaired) electrons. The van der Waals surface area contributed by atoms with Crippen molar-refractivity contribution in [2.75, 3.05) is 12.4 Å². The van der Waals surface area contributed by atoms with Crippen LogP contribution in [0.4, 0.5) is 0 Å². The van der Waals surface area contributed by atoms with Crippen LogP contribution in [0.1, 0.15) is 11.8 Å². The molecule has 3 nitrogen and oxygen atoms in total. The van der Waals surface area contributed by atoms with Gasteiger partial charge in [-0.15, -0.1) is 22.9 Å². The quantitative estimate of drug-likeness (QED) is 0.814. The summed E-state index contributed by atoms with van der Waals surface area (Å²) in [5.41, 5.74) is 0. The lowest BCUT2D eigenvalue weighted by atomic mass is 10.4. The largest absolute Gasteiger partial charge is 0.250 e. The van der Waals surface area contributed by atoms with Crippen molar-refractivity contribution in [2.45, 2.75) is 17.6 Å². The van der Waals surface area contributed by atoms with Crippen LogP contribution in [-0.4, -0.2) is 20.8 Å². The van der Waals surface area contributed by atoms with E-state index < -0.39 is 10.0 Å². The van der Waals surface area contributed by atoms with Gasteiger partial charge in [-0.1, -0.05) is 6.92 Å². The van der Waals surface area contributed by atoms with Crippen molar-refractivity contribution in [2.24, 2.45) is 0 Å². The minimum Gasteiger partial charge on any atom is -0.209 e. The molecular weight excluding hydrogens is 242 g/mol. The predicted molar refractivity (Wildman–Crippen MR) is 59.6 cm³/mol. The first kappa shape index (κ1) is 12.0. The second kappa shape index (κ2) is 5.11. The number of halogens is 1. The van der Waals surface area contributed by atoms with E-state index in [4.69, 9.17) is 11.6 Å². The molecule has 14 heavy (non-hydrogen) atoms. The van der Waals surface area contributed by atoms with Crippen molar-refractivity contribution in [1.29, 1.82) is 0 Å². The number of sulfonamides is 1. The minimum atomic E-state index is -3.33. The lowest BCUT2D eigenvalue weighted by molar-refractivity contribution is 0.586. The molecule has 1 aromatic rings. The van der Waals surface area contributed by atoms with Gasteiger partial charge in [0.05, 0.1) is 0 Å². The third-order valence-electron chi connectivity index (χ3n) is 1.64. The van der Waals surface area contributed by atoms with Gasteiger partial charge >= 0.3 is 0 Å². The zero-order valence-corrected chi connectivity index (χ0v) is 10.2. The lowest BCUT2D eigenvalue weighted by Crippen LogP contribution is -2.24. The number of rotatable bonds is 5. The number of thiophene rings is 1. The standard InChI is InChI=1S/C8H12ClNO2S2/c1-2-7-3-4-8(13-7)14(11,12)10-6-5-9/h3-4,10H,2,5-6H2,1H3. The van der Waals surface area contributed by atoms with E-state index >= 15 is 0 Å². The Balaban J connectivity index is 2.81. The molecule has 0 atom stereocenters. The van der Waals surface area contributed by atoms with Crippen LogP contribution in [0.15, 0.2) is 16.3 Å². The molecule has 0 saturated carbocycles. The summed E-state index contributed by atoms with van der Waals surface area (Å²) in [6.45, 7) is 2.26. The Hall–Kier alpha value is -0.100. The van der Waals surface area contributed by atoms with Crippen molar-refractivity contribution >= 4 is 33.0 Å². The third-order valence-corrected chi connectivity index (χ3v) is 5.01. The summed E-state index contributed by atoms with van der Waals surface area (Å²) in [5, 5.41) is 0. The van der Waals surface area contributed by atoms with Crippen LogP contribution in [0.5, 0.6) is 0 Å². The van der Waals surface area contributed by atoms with E-state index in [9.17, 15) is 8.42 Å². The van der Waals surface area contributed by atoms with Crippen molar-refractivity contribution in [3.63, 3.8) is 0 Å². The molecule has 1 rings (SSSR count). The Bertz CT molecular complexity index is 386. The van der Waals surface area contributed by atoms with E-state index in [0.717, 1.165) is 11.3 Å². The van der Waals surface area contributed by atoms with Crippen LogP contribution in [0.25, 0.3) is 0 Å². The topological polar surface area (TPSA) is 46.2 Å². The van der Waals surface area contributed by atoms with Crippen LogP contribution in [0.3, 0.4) is 0 Å². The molecule has 80 valence electrons. The van der Waals surface area contributed by atoms with Gasteiger partial charge < -0.3 is 0 Å². The SMILES string of the molecule is CCc1ccc(S(=O)(=O)NCCCl)s1. The molecule has 0 aliphatic carbocycles. The molecule has 0 aliphatic heterocycles. The summed E-state index contributed by atoms with van der Waals surface area (Å²) < 4.78 is 25.9. The smallest absolute Gasteiger partial charge is 0.209 e. The van der Waals surface area contributed by atoms with Gasteiger partial charge in [0, 0.05) is 17.3 Å². The number of hydrogen-bond acceptors (Lipinski definition) is 3. The molecule has 0 saturated heterocycles. The average molecular weight is 254 g/mol. The van der Waals surface area contributed by atoms with Crippen molar-refractivity contribution in [3.05, 3.63) is 17.0 Å². The second-order valence-electron chi connectivity index (χ2n) is 2.66. The van der Waals surface area contributed by atoms with Gasteiger partial charge in [0.25, 0.3) is 0 Å². The van der Waals surface area contributed by atoms with Crippen LogP contribution < -0.4 is 4.72 Å². The number of alkyl halides is 1. The van der Waals surface area contributed by atoms with Crippen molar-refractivity contribution in [1.82, 2.24) is 4.72 Å². The van der Waals surface area contributed by atoms with Gasteiger partial charge in [-0.05, 0) is 18.6 Å². The van der Waals surface area contributed by atoms with E-state index in [2.05, 4.69) is 4.72 Å². The highest BCUT2D eigenvalue weighted by molar-refractivity contribution is 7.91. The molecular formula is C8H12ClNO2S2. The molecule has 1 aromatic heterocycles. The van der Waals surface area contributed by atoms with Crippen LogP contribution >= 0.6 is 22.9 Å².